The number of aromatic hydroxyl groups is 1. The molecule has 324 valence electrons. The van der Waals surface area contributed by atoms with Gasteiger partial charge in [-0.15, -0.1) is 14.6 Å². The average Bonchev–Trinajstić information content (AvgIpc) is 3.20. The molecule has 0 radical (unpaired) electrons. The van der Waals surface area contributed by atoms with E-state index >= 15 is 0 Å². The molecule has 0 bridgehead atoms. The number of anilines is 6. The molecule has 1 aromatic heterocycles. The predicted molar refractivity (Wildman–Crippen MR) is 215 cm³/mol. The van der Waals surface area contributed by atoms with E-state index < -0.39 is 76.7 Å². The lowest BCUT2D eigenvalue weighted by Gasteiger charge is -2.13. The van der Waals surface area contributed by atoms with Crippen molar-refractivity contribution in [3.63, 3.8) is 0 Å². The largest absolute Gasteiger partial charge is 0.504 e. The molecule has 0 unspecified atom stereocenters. The summed E-state index contributed by atoms with van der Waals surface area (Å²) < 4.78 is 98.5. The first-order chi connectivity index (χ1) is 29.3. The zero-order valence-electron chi connectivity index (χ0n) is 30.6. The number of nitrogens with zero attached hydrogens (tertiary/aromatic N) is 7. The number of aromatic nitrogens is 3. The van der Waals surface area contributed by atoms with E-state index in [2.05, 4.69) is 65.2 Å². The number of carboxylic acid groups (broad SMARTS) is 1. The summed E-state index contributed by atoms with van der Waals surface area (Å²) in [5, 5.41) is 61.9. The molecule has 4 aromatic carbocycles. The third-order valence-electron chi connectivity index (χ3n) is 7.41. The smallest absolute Gasteiger partial charge is 0.397 e. The third kappa shape index (κ3) is 13.0. The molecular weight excluding hydrogens is 907 g/mol. The third-order valence-corrected chi connectivity index (χ3v) is 11.0. The molecule has 0 spiro atoms. The number of phenols is 1. The Labute approximate surface area is 353 Å². The van der Waals surface area contributed by atoms with Gasteiger partial charge in [0.25, 0.3) is 10.1 Å². The minimum absolute atomic E-state index is 0.0844. The molecule has 5 aromatic rings. The Morgan fingerprint density at radius 1 is 0.839 bits per heavy atom. The maximum Gasteiger partial charge on any atom is 0.397 e. The highest BCUT2D eigenvalue weighted by Crippen LogP contribution is 2.39. The van der Waals surface area contributed by atoms with E-state index in [1.807, 2.05) is 0 Å². The summed E-state index contributed by atoms with van der Waals surface area (Å²) in [6, 6.07) is 18.2. The molecule has 0 amide bonds. The van der Waals surface area contributed by atoms with Gasteiger partial charge < -0.3 is 20.8 Å². The standard InChI is InChI=1S/C32H27N11O15S4/c33-17-34-30-37-31(35-19-6-9-21(10-7-19)60(48,49)13-12-56-62(53,54)55)39-32(38-30)36-25-15-22(61(50,51)52)16-26(27(25)44)41-43-28(18-4-2-1-3-5-18)42-40-24-14-20(59-58-57-47)8-11-23(24)29(45)46/h1-11,14-16,40,44,47H,12-13H2,(H,45,46)(H,50,51,52)(H,53,54,55)(H3,34,35,36,37,38,39)/b42-28-,43-41?. The number of aromatic carboxylic acids is 1. The van der Waals surface area contributed by atoms with Crippen molar-refractivity contribution in [1.29, 1.82) is 5.26 Å². The van der Waals surface area contributed by atoms with Gasteiger partial charge in [0, 0.05) is 16.1 Å². The first-order valence-electron chi connectivity index (χ1n) is 16.4. The zero-order chi connectivity index (χ0) is 45.1. The molecule has 0 fully saturated rings. The number of hydrogen-bond donors (Lipinski definition) is 9. The van der Waals surface area contributed by atoms with Crippen molar-refractivity contribution in [1.82, 2.24) is 15.0 Å². The van der Waals surface area contributed by atoms with Crippen molar-refractivity contribution < 1.29 is 68.2 Å². The number of hydrogen-bond acceptors (Lipinski definition) is 23. The van der Waals surface area contributed by atoms with Gasteiger partial charge in [-0.2, -0.15) is 42.2 Å². The molecule has 0 saturated carbocycles. The summed E-state index contributed by atoms with van der Waals surface area (Å²) in [6.07, 6.45) is 1.60. The number of benzene rings is 4. The molecular formula is C32H27N11O15S4. The van der Waals surface area contributed by atoms with Crippen LogP contribution in [0.3, 0.4) is 0 Å². The predicted octanol–water partition coefficient (Wildman–Crippen LogP) is 4.48. The zero-order valence-corrected chi connectivity index (χ0v) is 33.8. The lowest BCUT2D eigenvalue weighted by Crippen LogP contribution is -2.15. The second-order valence-corrected chi connectivity index (χ2v) is 16.9. The highest BCUT2D eigenvalue weighted by molar-refractivity contribution is 7.94. The van der Waals surface area contributed by atoms with Gasteiger partial charge in [0.05, 0.1) is 51.1 Å². The van der Waals surface area contributed by atoms with Crippen molar-refractivity contribution in [3.05, 3.63) is 96.1 Å². The lowest BCUT2D eigenvalue weighted by molar-refractivity contribution is -0.432. The Balaban J connectivity index is 1.48. The van der Waals surface area contributed by atoms with E-state index in [0.717, 1.165) is 24.3 Å². The number of carbonyl (C=O) groups is 1. The minimum atomic E-state index is -5.01. The number of sulfone groups is 1. The van der Waals surface area contributed by atoms with Crippen LogP contribution in [0.25, 0.3) is 0 Å². The van der Waals surface area contributed by atoms with Crippen LogP contribution in [0.2, 0.25) is 0 Å². The Kier molecular flexibility index (Phi) is 15.0. The van der Waals surface area contributed by atoms with Crippen LogP contribution in [0.5, 0.6) is 5.75 Å². The number of carboxylic acids is 1. The monoisotopic (exact) mass is 933 g/mol. The summed E-state index contributed by atoms with van der Waals surface area (Å²) >= 11 is 0.535. The van der Waals surface area contributed by atoms with Crippen LogP contribution in [0.1, 0.15) is 15.9 Å². The average molecular weight is 934 g/mol. The summed E-state index contributed by atoms with van der Waals surface area (Å²) in [7, 11) is -13.9. The summed E-state index contributed by atoms with van der Waals surface area (Å²) in [5.41, 5.74) is 1.64. The van der Waals surface area contributed by atoms with Crippen molar-refractivity contribution in [2.24, 2.45) is 15.3 Å². The fourth-order valence-corrected chi connectivity index (χ4v) is 7.14. The number of nitriles is 1. The fraction of sp³-hybridized carbons (Fsp3) is 0.0625. The molecule has 0 aliphatic carbocycles. The van der Waals surface area contributed by atoms with E-state index in [1.54, 1.807) is 36.5 Å². The van der Waals surface area contributed by atoms with Gasteiger partial charge in [-0.1, -0.05) is 35.4 Å². The Bertz CT molecular complexity index is 2900. The molecule has 0 aliphatic rings. The van der Waals surface area contributed by atoms with Crippen molar-refractivity contribution in [3.8, 4) is 11.9 Å². The van der Waals surface area contributed by atoms with Crippen molar-refractivity contribution in [2.75, 3.05) is 33.7 Å². The molecule has 5 rings (SSSR count). The van der Waals surface area contributed by atoms with Gasteiger partial charge in [0.2, 0.25) is 23.7 Å². The van der Waals surface area contributed by atoms with E-state index in [-0.39, 0.29) is 50.0 Å². The molecule has 30 heteroatoms. The maximum atomic E-state index is 12.6. The van der Waals surface area contributed by atoms with Crippen molar-refractivity contribution >= 4 is 94.8 Å². The number of phenolic OH excluding ortho intramolecular Hbond substituents is 1. The summed E-state index contributed by atoms with van der Waals surface area (Å²) in [4.78, 5) is 23.3. The maximum absolute atomic E-state index is 12.6. The number of amidine groups is 1. The van der Waals surface area contributed by atoms with Gasteiger partial charge >= 0.3 is 16.4 Å². The molecule has 62 heavy (non-hydrogen) atoms. The van der Waals surface area contributed by atoms with Crippen LogP contribution in [0.15, 0.2) is 115 Å². The Morgan fingerprint density at radius 2 is 1.52 bits per heavy atom. The topological polar surface area (TPSA) is 396 Å². The molecule has 0 aliphatic heterocycles. The summed E-state index contributed by atoms with van der Waals surface area (Å²) in [5.74, 6) is -4.26. The van der Waals surface area contributed by atoms with E-state index in [0.29, 0.717) is 12.0 Å². The summed E-state index contributed by atoms with van der Waals surface area (Å²) in [6.45, 7) is -0.850. The second kappa shape index (κ2) is 20.1. The SMILES string of the molecule is N#CNc1nc(Nc2ccc(S(=O)(=O)CCOS(=O)(=O)O)cc2)nc(Nc2cc(S(=O)(=O)O)cc(N=N/C(=N\Nc3cc(SOOO)ccc3C(=O)O)c3ccccc3)c2O)n1. The highest BCUT2D eigenvalue weighted by Gasteiger charge is 2.21. The van der Waals surface area contributed by atoms with Crippen LogP contribution in [-0.4, -0.2) is 88.9 Å². The molecule has 0 saturated heterocycles. The van der Waals surface area contributed by atoms with Gasteiger partial charge in [0.1, 0.15) is 5.69 Å². The van der Waals surface area contributed by atoms with E-state index in [4.69, 9.17) is 9.81 Å². The number of nitrogens with one attached hydrogen (secondary N) is 4. The molecule has 1 heterocycles. The number of azo groups is 1. The fourth-order valence-electron chi connectivity index (χ4n) is 4.72. The first-order valence-corrected chi connectivity index (χ1v) is 21.6. The van der Waals surface area contributed by atoms with Gasteiger partial charge in [-0.3, -0.25) is 19.8 Å². The Hall–Kier alpha value is -6.92. The van der Waals surface area contributed by atoms with Crippen LogP contribution in [-0.2, 0) is 43.9 Å². The lowest BCUT2D eigenvalue weighted by atomic mass is 10.2. The van der Waals surface area contributed by atoms with Crippen LogP contribution in [0.4, 0.5) is 40.6 Å². The van der Waals surface area contributed by atoms with Crippen LogP contribution in [0, 0.1) is 11.5 Å². The number of rotatable bonds is 19. The van der Waals surface area contributed by atoms with Gasteiger partial charge in [0.15, 0.2) is 21.8 Å². The van der Waals surface area contributed by atoms with E-state index in [1.165, 1.54) is 30.3 Å². The molecule has 9 N–H and O–H groups in total. The first kappa shape index (κ1) is 46.2. The Morgan fingerprint density at radius 3 is 2.15 bits per heavy atom. The highest BCUT2D eigenvalue weighted by atomic mass is 32.3. The second-order valence-electron chi connectivity index (χ2n) is 11.6. The normalized spacial score (nSPS) is 12.1. The molecule has 0 atom stereocenters. The number of hydrazone groups is 1. The van der Waals surface area contributed by atoms with Crippen LogP contribution < -0.4 is 21.4 Å². The van der Waals surface area contributed by atoms with E-state index in [9.17, 15) is 50.1 Å². The quantitative estimate of drug-likeness (QED) is 0.00526. The van der Waals surface area contributed by atoms with Gasteiger partial charge in [-0.05, 0) is 54.6 Å². The minimum Gasteiger partial charge on any atom is -0.504 e. The van der Waals surface area contributed by atoms with Crippen molar-refractivity contribution in [2.45, 2.75) is 14.7 Å². The van der Waals surface area contributed by atoms with Crippen LogP contribution >= 0.6 is 12.0 Å². The van der Waals surface area contributed by atoms with Gasteiger partial charge in [-0.25, -0.2) is 22.7 Å². The molecule has 26 nitrogen and oxygen atoms in total.